The van der Waals surface area contributed by atoms with Gasteiger partial charge in [0.25, 0.3) is 0 Å². The van der Waals surface area contributed by atoms with E-state index in [9.17, 15) is 0 Å². The molecule has 0 atom stereocenters. The number of nitrogens with zero attached hydrogens (tertiary/aromatic N) is 1. The lowest BCUT2D eigenvalue weighted by atomic mass is 9.94. The Morgan fingerprint density at radius 1 is 0.286 bits per heavy atom. The van der Waals surface area contributed by atoms with Crippen molar-refractivity contribution in [2.75, 3.05) is 0 Å². The number of fused-ring (bicyclic) bond motifs is 6. The van der Waals surface area contributed by atoms with E-state index in [-0.39, 0.29) is 0 Å². The van der Waals surface area contributed by atoms with Crippen molar-refractivity contribution in [2.45, 2.75) is 0 Å². The Hall–Kier alpha value is -7.42. The van der Waals surface area contributed by atoms with Gasteiger partial charge in [0.1, 0.15) is 11.2 Å². The summed E-state index contributed by atoms with van der Waals surface area (Å²) in [4.78, 5) is 0. The lowest BCUT2D eigenvalue weighted by molar-refractivity contribution is 0.669. The quantitative estimate of drug-likeness (QED) is 0.168. The van der Waals surface area contributed by atoms with Gasteiger partial charge >= 0.3 is 0 Å². The molecule has 0 radical (unpaired) electrons. The Bertz CT molecular complexity index is 3240. The van der Waals surface area contributed by atoms with Gasteiger partial charge in [0.2, 0.25) is 0 Å². The molecule has 0 N–H and O–H groups in total. The van der Waals surface area contributed by atoms with E-state index in [1.165, 1.54) is 66.3 Å². The van der Waals surface area contributed by atoms with Crippen molar-refractivity contribution >= 4 is 43.7 Å². The zero-order valence-electron chi connectivity index (χ0n) is 30.6. The van der Waals surface area contributed by atoms with Crippen LogP contribution in [-0.4, -0.2) is 4.57 Å². The van der Waals surface area contributed by atoms with Crippen LogP contribution in [0.3, 0.4) is 0 Å². The van der Waals surface area contributed by atoms with Crippen LogP contribution in [0.4, 0.5) is 0 Å². The molecule has 2 nitrogen and oxygen atoms in total. The van der Waals surface area contributed by atoms with Crippen LogP contribution < -0.4 is 0 Å². The van der Waals surface area contributed by atoms with Crippen molar-refractivity contribution in [1.82, 2.24) is 4.57 Å². The number of hydrogen-bond acceptors (Lipinski definition) is 1. The summed E-state index contributed by atoms with van der Waals surface area (Å²) in [5, 5.41) is 4.69. The topological polar surface area (TPSA) is 18.1 Å². The summed E-state index contributed by atoms with van der Waals surface area (Å²) in [5.41, 5.74) is 17.0. The average molecular weight is 714 g/mol. The van der Waals surface area contributed by atoms with Gasteiger partial charge in [-0.3, -0.25) is 0 Å². The van der Waals surface area contributed by atoms with Crippen LogP contribution in [-0.2, 0) is 0 Å². The summed E-state index contributed by atoms with van der Waals surface area (Å²) in [7, 11) is 0. The third-order valence-corrected chi connectivity index (χ3v) is 11.2. The molecular weight excluding hydrogens is 679 g/mol. The van der Waals surface area contributed by atoms with E-state index >= 15 is 0 Å². The van der Waals surface area contributed by atoms with Crippen molar-refractivity contribution in [3.05, 3.63) is 212 Å². The molecule has 262 valence electrons. The van der Waals surface area contributed by atoms with Crippen LogP contribution in [0.1, 0.15) is 0 Å². The van der Waals surface area contributed by atoms with Crippen molar-refractivity contribution in [1.29, 1.82) is 0 Å². The molecule has 0 saturated carbocycles. The van der Waals surface area contributed by atoms with E-state index in [0.29, 0.717) is 0 Å². The van der Waals surface area contributed by atoms with Gasteiger partial charge in [-0.2, -0.15) is 0 Å². The molecule has 0 aliphatic carbocycles. The van der Waals surface area contributed by atoms with Crippen LogP contribution in [0.5, 0.6) is 0 Å². The number of furan rings is 1. The molecule has 9 aromatic carbocycles. The first-order valence-corrected chi connectivity index (χ1v) is 19.2. The van der Waals surface area contributed by atoms with E-state index < -0.39 is 0 Å². The molecule has 11 aromatic rings. The number of rotatable bonds is 6. The van der Waals surface area contributed by atoms with Crippen molar-refractivity contribution < 1.29 is 4.42 Å². The van der Waals surface area contributed by atoms with Crippen molar-refractivity contribution in [3.63, 3.8) is 0 Å². The second kappa shape index (κ2) is 13.2. The average Bonchev–Trinajstić information content (AvgIpc) is 3.82. The van der Waals surface area contributed by atoms with Gasteiger partial charge in [0.05, 0.1) is 11.0 Å². The minimum absolute atomic E-state index is 0.872. The molecule has 0 aliphatic heterocycles. The minimum Gasteiger partial charge on any atom is -0.455 e. The van der Waals surface area contributed by atoms with Crippen LogP contribution >= 0.6 is 0 Å². The summed E-state index contributed by atoms with van der Waals surface area (Å²) in [5.74, 6) is 0. The monoisotopic (exact) mass is 713 g/mol. The lowest BCUT2D eigenvalue weighted by Gasteiger charge is -2.10. The fourth-order valence-corrected chi connectivity index (χ4v) is 8.47. The molecule has 0 aliphatic rings. The van der Waals surface area contributed by atoms with E-state index in [1.807, 2.05) is 0 Å². The van der Waals surface area contributed by atoms with E-state index in [0.717, 1.165) is 38.8 Å². The normalized spacial score (nSPS) is 11.6. The maximum absolute atomic E-state index is 6.85. The molecule has 2 heterocycles. The largest absolute Gasteiger partial charge is 0.455 e. The maximum Gasteiger partial charge on any atom is 0.143 e. The predicted molar refractivity (Wildman–Crippen MR) is 235 cm³/mol. The molecule has 0 amide bonds. The standard InChI is InChI=1S/C54H35NO/c1-3-13-36(14-4-1)38-17-9-18-39(31-38)40-19-10-20-41(32-40)42-21-11-22-44(33-42)46-24-12-25-50-49-30-28-45(35-53(49)56-54(46)50)55-51-26-8-7-23-47(51)48-29-27-43(34-52(48)55)37-15-5-2-6-16-37/h1-35H. The first-order chi connectivity index (χ1) is 27.7. The van der Waals surface area contributed by atoms with Crippen LogP contribution in [0, 0.1) is 0 Å². The highest BCUT2D eigenvalue weighted by Crippen LogP contribution is 2.40. The van der Waals surface area contributed by atoms with Crippen molar-refractivity contribution in [3.8, 4) is 61.3 Å². The number of hydrogen-bond donors (Lipinski definition) is 0. The zero-order valence-corrected chi connectivity index (χ0v) is 30.6. The molecule has 0 unspecified atom stereocenters. The highest BCUT2D eigenvalue weighted by molar-refractivity contribution is 6.12. The number of para-hydroxylation sites is 2. The Labute approximate surface area is 325 Å². The Morgan fingerprint density at radius 3 is 1.45 bits per heavy atom. The highest BCUT2D eigenvalue weighted by Gasteiger charge is 2.17. The van der Waals surface area contributed by atoms with Gasteiger partial charge in [-0.25, -0.2) is 0 Å². The van der Waals surface area contributed by atoms with Crippen molar-refractivity contribution in [2.24, 2.45) is 0 Å². The molecule has 0 saturated heterocycles. The summed E-state index contributed by atoms with van der Waals surface area (Å²) < 4.78 is 9.23. The molecule has 0 fully saturated rings. The number of benzene rings is 9. The molecule has 11 rings (SSSR count). The molecular formula is C54H35NO. The molecule has 0 bridgehead atoms. The minimum atomic E-state index is 0.872. The van der Waals surface area contributed by atoms with Gasteiger partial charge in [-0.05, 0) is 92.5 Å². The van der Waals surface area contributed by atoms with E-state index in [4.69, 9.17) is 4.42 Å². The smallest absolute Gasteiger partial charge is 0.143 e. The van der Waals surface area contributed by atoms with Crippen LogP contribution in [0.15, 0.2) is 217 Å². The first-order valence-electron chi connectivity index (χ1n) is 19.2. The molecule has 0 spiro atoms. The van der Waals surface area contributed by atoms with Gasteiger partial charge in [-0.15, -0.1) is 0 Å². The van der Waals surface area contributed by atoms with E-state index in [1.54, 1.807) is 0 Å². The predicted octanol–water partition coefficient (Wildman–Crippen LogP) is 15.0. The van der Waals surface area contributed by atoms with Gasteiger partial charge in [-0.1, -0.05) is 164 Å². The Kier molecular flexibility index (Phi) is 7.53. The first kappa shape index (κ1) is 32.0. The van der Waals surface area contributed by atoms with E-state index in [2.05, 4.69) is 217 Å². The third-order valence-electron chi connectivity index (χ3n) is 11.2. The van der Waals surface area contributed by atoms with Crippen LogP contribution in [0.2, 0.25) is 0 Å². The summed E-state index contributed by atoms with van der Waals surface area (Å²) in [6, 6.07) is 76.3. The second-order valence-electron chi connectivity index (χ2n) is 14.5. The third kappa shape index (κ3) is 5.42. The second-order valence-corrected chi connectivity index (χ2v) is 14.5. The fraction of sp³-hybridized carbons (Fsp3) is 0. The number of aromatic nitrogens is 1. The highest BCUT2D eigenvalue weighted by atomic mass is 16.3. The Balaban J connectivity index is 0.991. The Morgan fingerprint density at radius 2 is 0.768 bits per heavy atom. The zero-order chi connectivity index (χ0) is 37.0. The lowest BCUT2D eigenvalue weighted by Crippen LogP contribution is -1.93. The SMILES string of the molecule is c1ccc(-c2cccc(-c3cccc(-c4cccc(-c5cccc6c5oc5cc(-n7c8ccccc8c8ccc(-c9ccccc9)cc87)ccc56)c4)c3)c2)cc1. The summed E-state index contributed by atoms with van der Waals surface area (Å²) in [6.45, 7) is 0. The molecule has 2 aromatic heterocycles. The van der Waals surface area contributed by atoms with Gasteiger partial charge < -0.3 is 8.98 Å². The fourth-order valence-electron chi connectivity index (χ4n) is 8.47. The van der Waals surface area contributed by atoms with Gasteiger partial charge in [0, 0.05) is 38.9 Å². The molecule has 2 heteroatoms. The molecule has 56 heavy (non-hydrogen) atoms. The van der Waals surface area contributed by atoms with Gasteiger partial charge in [0.15, 0.2) is 0 Å². The summed E-state index contributed by atoms with van der Waals surface area (Å²) in [6.07, 6.45) is 0. The summed E-state index contributed by atoms with van der Waals surface area (Å²) >= 11 is 0. The maximum atomic E-state index is 6.85. The van der Waals surface area contributed by atoms with Crippen LogP contribution in [0.25, 0.3) is 105 Å².